The number of carbonyl (C=O) groups excluding carboxylic acids is 1. The fraction of sp³-hybridized carbons (Fsp3) is 0.812. The maximum absolute atomic E-state index is 12.2. The average Bonchev–Trinajstić information content (AvgIpc) is 3.32. The lowest BCUT2D eigenvalue weighted by atomic mass is 10.2. The average molecular weight is 306 g/mol. The topological polar surface area (TPSA) is 71.3 Å². The molecule has 2 aliphatic rings. The lowest BCUT2D eigenvalue weighted by Crippen LogP contribution is -2.46. The first-order valence-corrected chi connectivity index (χ1v) is 8.58. The molecule has 2 heterocycles. The Morgan fingerprint density at radius 3 is 2.73 bits per heavy atom. The van der Waals surface area contributed by atoms with Gasteiger partial charge in [-0.05, 0) is 45.7 Å². The van der Waals surface area contributed by atoms with Crippen LogP contribution in [-0.4, -0.2) is 46.6 Å². The molecule has 1 saturated heterocycles. The van der Waals surface area contributed by atoms with Gasteiger partial charge in [-0.25, -0.2) is 0 Å². The quantitative estimate of drug-likeness (QED) is 0.868. The number of aromatic nitrogens is 2. The Morgan fingerprint density at radius 1 is 1.32 bits per heavy atom. The third-order valence-corrected chi connectivity index (χ3v) is 4.63. The SMILES string of the molecule is C[C@H](C(=O)NCCc1nc(C2CC2)no1)N1CCCCCC1. The van der Waals surface area contributed by atoms with Crippen molar-refractivity contribution in [1.29, 1.82) is 0 Å². The van der Waals surface area contributed by atoms with Crippen molar-refractivity contribution in [3.8, 4) is 0 Å². The van der Waals surface area contributed by atoms with E-state index < -0.39 is 0 Å². The van der Waals surface area contributed by atoms with Gasteiger partial charge in [-0.3, -0.25) is 9.69 Å². The Balaban J connectivity index is 1.40. The van der Waals surface area contributed by atoms with Gasteiger partial charge >= 0.3 is 0 Å². The van der Waals surface area contributed by atoms with Gasteiger partial charge in [-0.2, -0.15) is 4.98 Å². The minimum absolute atomic E-state index is 0.0530. The summed E-state index contributed by atoms with van der Waals surface area (Å²) < 4.78 is 5.22. The van der Waals surface area contributed by atoms with E-state index in [0.29, 0.717) is 24.8 Å². The molecule has 122 valence electrons. The van der Waals surface area contributed by atoms with E-state index in [2.05, 4.69) is 20.4 Å². The van der Waals surface area contributed by atoms with E-state index in [1.54, 1.807) is 0 Å². The summed E-state index contributed by atoms with van der Waals surface area (Å²) in [6, 6.07) is -0.0530. The van der Waals surface area contributed by atoms with Gasteiger partial charge in [0.1, 0.15) is 0 Å². The molecule has 1 amide bonds. The molecule has 0 radical (unpaired) electrons. The molecule has 6 nitrogen and oxygen atoms in total. The summed E-state index contributed by atoms with van der Waals surface area (Å²) in [5.41, 5.74) is 0. The Kier molecular flexibility index (Phi) is 5.08. The molecule has 0 spiro atoms. The minimum Gasteiger partial charge on any atom is -0.354 e. The van der Waals surface area contributed by atoms with Gasteiger partial charge in [0.05, 0.1) is 6.04 Å². The summed E-state index contributed by atoms with van der Waals surface area (Å²) in [6.07, 6.45) is 7.91. The lowest BCUT2D eigenvalue weighted by molar-refractivity contribution is -0.125. The monoisotopic (exact) mass is 306 g/mol. The summed E-state index contributed by atoms with van der Waals surface area (Å²) in [5, 5.41) is 6.98. The van der Waals surface area contributed by atoms with E-state index in [-0.39, 0.29) is 11.9 Å². The number of hydrogen-bond donors (Lipinski definition) is 1. The largest absolute Gasteiger partial charge is 0.354 e. The summed E-state index contributed by atoms with van der Waals surface area (Å²) in [7, 11) is 0. The van der Waals surface area contributed by atoms with Gasteiger partial charge in [-0.1, -0.05) is 18.0 Å². The number of likely N-dealkylation sites (tertiary alicyclic amines) is 1. The van der Waals surface area contributed by atoms with E-state index in [4.69, 9.17) is 4.52 Å². The molecule has 0 bridgehead atoms. The van der Waals surface area contributed by atoms with Crippen molar-refractivity contribution in [2.24, 2.45) is 0 Å². The Hall–Kier alpha value is -1.43. The molecule has 1 atom stereocenters. The van der Waals surface area contributed by atoms with Gasteiger partial charge in [0.25, 0.3) is 0 Å². The first kappa shape index (κ1) is 15.5. The number of nitrogens with one attached hydrogen (secondary N) is 1. The van der Waals surface area contributed by atoms with Crippen LogP contribution in [0.15, 0.2) is 4.52 Å². The maximum atomic E-state index is 12.2. The zero-order chi connectivity index (χ0) is 15.4. The lowest BCUT2D eigenvalue weighted by Gasteiger charge is -2.26. The number of rotatable bonds is 6. The van der Waals surface area contributed by atoms with Crippen molar-refractivity contribution in [3.63, 3.8) is 0 Å². The maximum Gasteiger partial charge on any atom is 0.237 e. The highest BCUT2D eigenvalue weighted by molar-refractivity contribution is 5.81. The van der Waals surface area contributed by atoms with Crippen molar-refractivity contribution in [3.05, 3.63) is 11.7 Å². The van der Waals surface area contributed by atoms with Crippen molar-refractivity contribution < 1.29 is 9.32 Å². The molecule has 1 saturated carbocycles. The van der Waals surface area contributed by atoms with E-state index in [0.717, 1.165) is 18.9 Å². The Morgan fingerprint density at radius 2 is 2.05 bits per heavy atom. The minimum atomic E-state index is -0.0530. The smallest absolute Gasteiger partial charge is 0.237 e. The van der Waals surface area contributed by atoms with Crippen molar-refractivity contribution in [1.82, 2.24) is 20.4 Å². The fourth-order valence-corrected chi connectivity index (χ4v) is 2.97. The highest BCUT2D eigenvalue weighted by atomic mass is 16.5. The van der Waals surface area contributed by atoms with E-state index in [9.17, 15) is 4.79 Å². The molecule has 1 aliphatic heterocycles. The highest BCUT2D eigenvalue weighted by Crippen LogP contribution is 2.38. The van der Waals surface area contributed by atoms with Gasteiger partial charge in [-0.15, -0.1) is 0 Å². The second kappa shape index (κ2) is 7.22. The normalized spacial score (nSPS) is 21.3. The third kappa shape index (κ3) is 4.06. The molecule has 0 aromatic carbocycles. The van der Waals surface area contributed by atoms with Crippen LogP contribution in [0.1, 0.15) is 63.1 Å². The molecule has 3 rings (SSSR count). The second-order valence-corrected chi connectivity index (χ2v) is 6.49. The second-order valence-electron chi connectivity index (χ2n) is 6.49. The predicted molar refractivity (Wildman–Crippen MR) is 82.5 cm³/mol. The molecule has 0 unspecified atom stereocenters. The van der Waals surface area contributed by atoms with E-state index in [1.165, 1.54) is 38.5 Å². The number of nitrogens with zero attached hydrogens (tertiary/aromatic N) is 3. The van der Waals surface area contributed by atoms with Crippen LogP contribution in [0.25, 0.3) is 0 Å². The first-order valence-electron chi connectivity index (χ1n) is 8.58. The van der Waals surface area contributed by atoms with Gasteiger partial charge in [0.2, 0.25) is 11.8 Å². The van der Waals surface area contributed by atoms with Crippen molar-refractivity contribution in [2.45, 2.75) is 63.8 Å². The summed E-state index contributed by atoms with van der Waals surface area (Å²) >= 11 is 0. The molecule has 2 fully saturated rings. The van der Waals surface area contributed by atoms with Crippen LogP contribution in [0.3, 0.4) is 0 Å². The predicted octanol–water partition coefficient (Wildman–Crippen LogP) is 1.87. The number of amides is 1. The summed E-state index contributed by atoms with van der Waals surface area (Å²) in [5.74, 6) is 2.07. The molecule has 1 aliphatic carbocycles. The van der Waals surface area contributed by atoms with Gasteiger partial charge < -0.3 is 9.84 Å². The Bertz CT molecular complexity index is 490. The number of carbonyl (C=O) groups is 1. The molecule has 1 aromatic heterocycles. The zero-order valence-electron chi connectivity index (χ0n) is 13.4. The van der Waals surface area contributed by atoms with Crippen LogP contribution < -0.4 is 5.32 Å². The van der Waals surface area contributed by atoms with Gasteiger partial charge in [0.15, 0.2) is 5.82 Å². The summed E-state index contributed by atoms with van der Waals surface area (Å²) in [4.78, 5) is 18.9. The third-order valence-electron chi connectivity index (χ3n) is 4.63. The molecule has 6 heteroatoms. The van der Waals surface area contributed by atoms with Crippen LogP contribution >= 0.6 is 0 Å². The van der Waals surface area contributed by atoms with Crippen LogP contribution in [0.5, 0.6) is 0 Å². The Labute approximate surface area is 131 Å². The zero-order valence-corrected chi connectivity index (χ0v) is 13.4. The number of hydrogen-bond acceptors (Lipinski definition) is 5. The fourth-order valence-electron chi connectivity index (χ4n) is 2.97. The summed E-state index contributed by atoms with van der Waals surface area (Å²) in [6.45, 7) is 4.62. The van der Waals surface area contributed by atoms with Crippen molar-refractivity contribution >= 4 is 5.91 Å². The standard InChI is InChI=1S/C16H26N4O2/c1-12(20-10-4-2-3-5-11-20)16(21)17-9-8-14-18-15(19-22-14)13-6-7-13/h12-13H,2-11H2,1H3,(H,17,21)/t12-/m1/s1. The molecule has 22 heavy (non-hydrogen) atoms. The molecular weight excluding hydrogens is 280 g/mol. The molecule has 1 N–H and O–H groups in total. The molecular formula is C16H26N4O2. The van der Waals surface area contributed by atoms with Crippen LogP contribution in [0.4, 0.5) is 0 Å². The van der Waals surface area contributed by atoms with Crippen LogP contribution in [-0.2, 0) is 11.2 Å². The first-order chi connectivity index (χ1) is 10.7. The van der Waals surface area contributed by atoms with Crippen LogP contribution in [0, 0.1) is 0 Å². The highest BCUT2D eigenvalue weighted by Gasteiger charge is 2.28. The van der Waals surface area contributed by atoms with Gasteiger partial charge in [0, 0.05) is 18.9 Å². The van der Waals surface area contributed by atoms with Crippen molar-refractivity contribution in [2.75, 3.05) is 19.6 Å². The van der Waals surface area contributed by atoms with Crippen LogP contribution in [0.2, 0.25) is 0 Å². The van der Waals surface area contributed by atoms with E-state index >= 15 is 0 Å². The molecule has 1 aromatic rings. The van der Waals surface area contributed by atoms with E-state index in [1.807, 2.05) is 6.92 Å².